The van der Waals surface area contributed by atoms with E-state index in [1.807, 2.05) is 18.2 Å². The molecular weight excluding hydrogens is 180 g/mol. The van der Waals surface area contributed by atoms with Gasteiger partial charge in [-0.25, -0.2) is 9.59 Å². The molecule has 1 rings (SSSR count). The highest BCUT2D eigenvalue weighted by atomic mass is 16.4. The van der Waals surface area contributed by atoms with Gasteiger partial charge in [0.05, 0.1) is 0 Å². The van der Waals surface area contributed by atoms with Crippen molar-refractivity contribution in [3.05, 3.63) is 47.5 Å². The standard InChI is InChI=1S/C11H8O3/c12-8-10(11(13)14)7-6-9-4-2-1-3-5-9/h1-7H,(H,13,14). The fourth-order valence-electron chi connectivity index (χ4n) is 0.893. The Kier molecular flexibility index (Phi) is 3.41. The SMILES string of the molecule is O=C=C(C=Cc1ccccc1)C(=O)O. The largest absolute Gasteiger partial charge is 0.477 e. The van der Waals surface area contributed by atoms with Gasteiger partial charge in [-0.2, -0.15) is 0 Å². The quantitative estimate of drug-likeness (QED) is 0.444. The van der Waals surface area contributed by atoms with Crippen LogP contribution in [0.15, 0.2) is 42.0 Å². The summed E-state index contributed by atoms with van der Waals surface area (Å²) in [7, 11) is 0. The molecule has 3 nitrogen and oxygen atoms in total. The maximum Gasteiger partial charge on any atom is 0.346 e. The molecule has 0 saturated carbocycles. The summed E-state index contributed by atoms with van der Waals surface area (Å²) < 4.78 is 0. The molecule has 0 aliphatic rings. The zero-order chi connectivity index (χ0) is 10.4. The molecule has 0 amide bonds. The minimum absolute atomic E-state index is 0.381. The van der Waals surface area contributed by atoms with Gasteiger partial charge in [-0.05, 0) is 11.6 Å². The number of hydrogen-bond donors (Lipinski definition) is 1. The van der Waals surface area contributed by atoms with Gasteiger partial charge in [0.15, 0.2) is 0 Å². The Morgan fingerprint density at radius 3 is 2.43 bits per heavy atom. The van der Waals surface area contributed by atoms with E-state index in [4.69, 9.17) is 5.11 Å². The van der Waals surface area contributed by atoms with Crippen LogP contribution in [0.5, 0.6) is 0 Å². The minimum atomic E-state index is -1.27. The average molecular weight is 188 g/mol. The average Bonchev–Trinajstić information content (AvgIpc) is 2.20. The second-order valence-electron chi connectivity index (χ2n) is 2.56. The fourth-order valence-corrected chi connectivity index (χ4v) is 0.893. The van der Waals surface area contributed by atoms with Crippen molar-refractivity contribution < 1.29 is 14.7 Å². The van der Waals surface area contributed by atoms with Crippen molar-refractivity contribution in [3.8, 4) is 0 Å². The van der Waals surface area contributed by atoms with E-state index in [2.05, 4.69) is 0 Å². The van der Waals surface area contributed by atoms with Gasteiger partial charge in [0, 0.05) is 0 Å². The highest BCUT2D eigenvalue weighted by Crippen LogP contribution is 2.03. The number of hydrogen-bond acceptors (Lipinski definition) is 2. The van der Waals surface area contributed by atoms with Crippen LogP contribution >= 0.6 is 0 Å². The van der Waals surface area contributed by atoms with Crippen LogP contribution in [0.25, 0.3) is 6.08 Å². The van der Waals surface area contributed by atoms with E-state index >= 15 is 0 Å². The molecule has 0 aliphatic carbocycles. The van der Waals surface area contributed by atoms with E-state index < -0.39 is 5.97 Å². The number of aliphatic carboxylic acids is 1. The van der Waals surface area contributed by atoms with Crippen LogP contribution in [0.2, 0.25) is 0 Å². The summed E-state index contributed by atoms with van der Waals surface area (Å²) in [6.07, 6.45) is 2.78. The zero-order valence-corrected chi connectivity index (χ0v) is 7.31. The summed E-state index contributed by atoms with van der Waals surface area (Å²) in [5.41, 5.74) is 0.454. The molecule has 1 aromatic carbocycles. The van der Waals surface area contributed by atoms with Crippen molar-refractivity contribution in [1.29, 1.82) is 0 Å². The van der Waals surface area contributed by atoms with E-state index in [9.17, 15) is 9.59 Å². The maximum atomic E-state index is 10.4. The van der Waals surface area contributed by atoms with Crippen molar-refractivity contribution in [3.63, 3.8) is 0 Å². The van der Waals surface area contributed by atoms with Gasteiger partial charge in [-0.3, -0.25) is 0 Å². The first-order valence-electron chi connectivity index (χ1n) is 3.95. The number of carbonyl (C=O) groups excluding carboxylic acids is 1. The summed E-state index contributed by atoms with van der Waals surface area (Å²) in [6, 6.07) is 9.11. The van der Waals surface area contributed by atoms with Crippen molar-refractivity contribution in [1.82, 2.24) is 0 Å². The van der Waals surface area contributed by atoms with Crippen LogP contribution in [-0.4, -0.2) is 17.0 Å². The van der Waals surface area contributed by atoms with Gasteiger partial charge < -0.3 is 5.11 Å². The summed E-state index contributed by atoms with van der Waals surface area (Å²) in [6.45, 7) is 0. The third-order valence-corrected chi connectivity index (χ3v) is 1.58. The highest BCUT2D eigenvalue weighted by molar-refractivity contribution is 5.99. The molecule has 1 N–H and O–H groups in total. The second-order valence-corrected chi connectivity index (χ2v) is 2.56. The molecule has 0 aromatic heterocycles. The lowest BCUT2D eigenvalue weighted by atomic mass is 10.2. The first kappa shape index (κ1) is 9.96. The molecule has 1 aromatic rings. The molecular formula is C11H8O3. The Balaban J connectivity index is 2.84. The lowest BCUT2D eigenvalue weighted by Crippen LogP contribution is -1.97. The van der Waals surface area contributed by atoms with Crippen molar-refractivity contribution in [2.24, 2.45) is 0 Å². The Hall–Kier alpha value is -2.12. The van der Waals surface area contributed by atoms with Gasteiger partial charge in [0.25, 0.3) is 0 Å². The molecule has 0 aliphatic heterocycles. The number of benzene rings is 1. The molecule has 0 atom stereocenters. The number of rotatable bonds is 3. The monoisotopic (exact) mass is 188 g/mol. The third-order valence-electron chi connectivity index (χ3n) is 1.58. The van der Waals surface area contributed by atoms with E-state index in [-0.39, 0.29) is 5.57 Å². The molecule has 0 fully saturated rings. The Bertz CT molecular complexity index is 398. The van der Waals surface area contributed by atoms with Crippen molar-refractivity contribution in [2.45, 2.75) is 0 Å². The number of carbonyl (C=O) groups is 1. The van der Waals surface area contributed by atoms with E-state index in [0.717, 1.165) is 5.56 Å². The topological polar surface area (TPSA) is 54.4 Å². The summed E-state index contributed by atoms with van der Waals surface area (Å²) in [5.74, 6) is 0.0809. The van der Waals surface area contributed by atoms with Crippen LogP contribution < -0.4 is 0 Å². The van der Waals surface area contributed by atoms with Gasteiger partial charge in [0.1, 0.15) is 11.5 Å². The van der Waals surface area contributed by atoms with Crippen LogP contribution in [-0.2, 0) is 9.59 Å². The van der Waals surface area contributed by atoms with Gasteiger partial charge in [-0.15, -0.1) is 0 Å². The predicted molar refractivity (Wildman–Crippen MR) is 52.3 cm³/mol. The molecule has 0 spiro atoms. The van der Waals surface area contributed by atoms with Crippen LogP contribution in [0, 0.1) is 0 Å². The normalized spacial score (nSPS) is 9.71. The van der Waals surface area contributed by atoms with Crippen LogP contribution in [0.3, 0.4) is 0 Å². The third kappa shape index (κ3) is 2.73. The second kappa shape index (κ2) is 4.80. The smallest absolute Gasteiger partial charge is 0.346 e. The van der Waals surface area contributed by atoms with Gasteiger partial charge >= 0.3 is 5.97 Å². The first-order chi connectivity index (χ1) is 6.74. The van der Waals surface area contributed by atoms with Crippen LogP contribution in [0.1, 0.15) is 5.56 Å². The summed E-state index contributed by atoms with van der Waals surface area (Å²) >= 11 is 0. The molecule has 0 radical (unpaired) electrons. The minimum Gasteiger partial charge on any atom is -0.477 e. The molecule has 70 valence electrons. The lowest BCUT2D eigenvalue weighted by Gasteiger charge is -1.90. The maximum absolute atomic E-state index is 10.4. The summed E-state index contributed by atoms with van der Waals surface area (Å²) in [4.78, 5) is 20.6. The molecule has 0 bridgehead atoms. The van der Waals surface area contributed by atoms with Crippen LogP contribution in [0.4, 0.5) is 0 Å². The van der Waals surface area contributed by atoms with E-state index in [1.165, 1.54) is 12.0 Å². The highest BCUT2D eigenvalue weighted by Gasteiger charge is 2.02. The van der Waals surface area contributed by atoms with Gasteiger partial charge in [0.2, 0.25) is 0 Å². The first-order valence-corrected chi connectivity index (χ1v) is 3.95. The van der Waals surface area contributed by atoms with Gasteiger partial charge in [-0.1, -0.05) is 36.4 Å². The Morgan fingerprint density at radius 2 is 1.93 bits per heavy atom. The number of carboxylic acid groups (broad SMARTS) is 1. The fraction of sp³-hybridized carbons (Fsp3) is 0. The molecule has 14 heavy (non-hydrogen) atoms. The van der Waals surface area contributed by atoms with E-state index in [0.29, 0.717) is 0 Å². The summed E-state index contributed by atoms with van der Waals surface area (Å²) in [5, 5.41) is 8.50. The molecule has 0 heterocycles. The zero-order valence-electron chi connectivity index (χ0n) is 7.31. The molecule has 0 saturated heterocycles. The number of carboxylic acids is 1. The predicted octanol–water partition coefficient (Wildman–Crippen LogP) is 1.54. The van der Waals surface area contributed by atoms with E-state index in [1.54, 1.807) is 18.2 Å². The molecule has 3 heteroatoms. The lowest BCUT2D eigenvalue weighted by molar-refractivity contribution is -0.132. The molecule has 0 unspecified atom stereocenters. The Morgan fingerprint density at radius 1 is 1.29 bits per heavy atom. The Labute approximate surface area is 81.0 Å². The van der Waals surface area contributed by atoms with Crippen molar-refractivity contribution >= 4 is 18.0 Å². The van der Waals surface area contributed by atoms with Crippen molar-refractivity contribution in [2.75, 3.05) is 0 Å².